The number of oxime groups is 1. The Morgan fingerprint density at radius 3 is 2.94 bits per heavy atom. The van der Waals surface area contributed by atoms with Gasteiger partial charge in [-0.2, -0.15) is 0 Å². The first-order valence-electron chi connectivity index (χ1n) is 10.0. The number of nitrogens with one attached hydrogen (secondary N) is 2. The first-order chi connectivity index (χ1) is 16.9. The first kappa shape index (κ1) is 24.1. The van der Waals surface area contributed by atoms with E-state index in [1.165, 1.54) is 23.2 Å². The highest BCUT2D eigenvalue weighted by Gasteiger charge is 2.54. The molecular formula is C21H18N6O6S2. The molecule has 1 saturated heterocycles. The number of rotatable bonds is 10. The number of aliphatic carboxylic acids is 1. The fourth-order valence-corrected chi connectivity index (χ4v) is 5.36. The van der Waals surface area contributed by atoms with Gasteiger partial charge in [0, 0.05) is 29.1 Å². The lowest BCUT2D eigenvalue weighted by atomic mass is 10.0. The maximum atomic E-state index is 13.1. The number of amides is 3. The molecule has 180 valence electrons. The summed E-state index contributed by atoms with van der Waals surface area (Å²) in [5.74, 6) is -2.22. The van der Waals surface area contributed by atoms with Crippen LogP contribution in [0.3, 0.4) is 0 Å². The van der Waals surface area contributed by atoms with E-state index >= 15 is 0 Å². The Bertz CT molecular complexity index is 1240. The molecule has 2 atom stereocenters. The van der Waals surface area contributed by atoms with E-state index in [1.807, 2.05) is 0 Å². The van der Waals surface area contributed by atoms with E-state index < -0.39 is 29.2 Å². The number of carbonyl (C=O) groups excluding carboxylic acids is 3. The minimum atomic E-state index is -1.24. The van der Waals surface area contributed by atoms with Crippen LogP contribution in [0.25, 0.3) is 0 Å². The van der Waals surface area contributed by atoms with Gasteiger partial charge in [0.2, 0.25) is 6.41 Å². The Labute approximate surface area is 206 Å². The molecule has 2 aliphatic heterocycles. The van der Waals surface area contributed by atoms with Gasteiger partial charge in [-0.15, -0.1) is 23.1 Å². The van der Waals surface area contributed by atoms with E-state index in [9.17, 15) is 24.3 Å². The minimum absolute atomic E-state index is 0.0277. The number of hydrogen-bond acceptors (Lipinski definition) is 10. The van der Waals surface area contributed by atoms with Crippen LogP contribution in [0.1, 0.15) is 11.3 Å². The Balaban J connectivity index is 1.53. The van der Waals surface area contributed by atoms with Crippen LogP contribution in [0, 0.1) is 0 Å². The summed E-state index contributed by atoms with van der Waals surface area (Å²) in [5.41, 5.74) is 0.921. The van der Waals surface area contributed by atoms with E-state index in [-0.39, 0.29) is 28.8 Å². The normalized spacial score (nSPS) is 19.4. The molecule has 4 rings (SSSR count). The van der Waals surface area contributed by atoms with E-state index in [4.69, 9.17) is 4.84 Å². The molecule has 0 aliphatic carbocycles. The van der Waals surface area contributed by atoms with Gasteiger partial charge >= 0.3 is 5.97 Å². The van der Waals surface area contributed by atoms with E-state index in [2.05, 4.69) is 32.3 Å². The highest BCUT2D eigenvalue weighted by atomic mass is 32.2. The smallest absolute Gasteiger partial charge is 0.352 e. The second-order valence-electron chi connectivity index (χ2n) is 7.12. The predicted molar refractivity (Wildman–Crippen MR) is 127 cm³/mol. The highest BCUT2D eigenvalue weighted by molar-refractivity contribution is 8.00. The number of thiazole rings is 1. The predicted octanol–water partition coefficient (Wildman–Crippen LogP) is 0.952. The molecule has 3 amide bonds. The van der Waals surface area contributed by atoms with Gasteiger partial charge in [-0.3, -0.25) is 24.3 Å². The van der Waals surface area contributed by atoms with Crippen LogP contribution < -0.4 is 10.6 Å². The van der Waals surface area contributed by atoms with Gasteiger partial charge < -0.3 is 20.6 Å². The monoisotopic (exact) mass is 514 g/mol. The van der Waals surface area contributed by atoms with Crippen LogP contribution >= 0.6 is 23.1 Å². The summed E-state index contributed by atoms with van der Waals surface area (Å²) in [7, 11) is 0. The van der Waals surface area contributed by atoms with Crippen molar-refractivity contribution >= 4 is 58.1 Å². The molecule has 14 heteroatoms. The molecule has 2 aromatic heterocycles. The quantitative estimate of drug-likeness (QED) is 0.181. The molecule has 1 unspecified atom stereocenters. The summed E-state index contributed by atoms with van der Waals surface area (Å²) in [6.45, 7) is 3.63. The number of pyridine rings is 1. The fraction of sp³-hybridized carbons (Fsp3) is 0.190. The lowest BCUT2D eigenvalue weighted by Gasteiger charge is -2.49. The SMILES string of the molecule is C=CC1=C(C(=O)O)N2C(=O)C(NC(=O)C(=NOCc3cccnc3)c3csc(NC=O)n3)[C@@H]2SC1. The van der Waals surface area contributed by atoms with Crippen molar-refractivity contribution in [3.8, 4) is 0 Å². The lowest BCUT2D eigenvalue weighted by molar-refractivity contribution is -0.150. The zero-order valence-corrected chi connectivity index (χ0v) is 19.5. The summed E-state index contributed by atoms with van der Waals surface area (Å²) in [5, 5.41) is 19.6. The number of fused-ring (bicyclic) bond motifs is 1. The summed E-state index contributed by atoms with van der Waals surface area (Å²) in [6, 6.07) is 2.52. The van der Waals surface area contributed by atoms with Gasteiger partial charge in [-0.05, 0) is 11.6 Å². The standard InChI is InChI=1S/C21H18N6O6S2/c1-2-12-8-34-19-15(18(30)27(19)16(12)20(31)32)25-17(29)14(13-9-35-21(24-13)23-10-28)26-33-7-11-4-3-5-22-6-11/h2-6,9-10,15,19H,1,7-8H2,(H,25,29)(H,31,32)(H,23,24,28)/t15?,19-/m0/s1. The van der Waals surface area contributed by atoms with Crippen molar-refractivity contribution in [2.45, 2.75) is 18.0 Å². The van der Waals surface area contributed by atoms with Gasteiger partial charge in [0.15, 0.2) is 10.8 Å². The third kappa shape index (κ3) is 4.93. The van der Waals surface area contributed by atoms with Gasteiger partial charge in [0.25, 0.3) is 11.8 Å². The molecule has 3 N–H and O–H groups in total. The highest BCUT2D eigenvalue weighted by Crippen LogP contribution is 2.40. The van der Waals surface area contributed by atoms with Crippen LogP contribution in [0.4, 0.5) is 5.13 Å². The van der Waals surface area contributed by atoms with E-state index in [1.54, 1.807) is 24.5 Å². The molecule has 0 aromatic carbocycles. The van der Waals surface area contributed by atoms with Gasteiger partial charge in [0.05, 0.1) is 0 Å². The summed E-state index contributed by atoms with van der Waals surface area (Å²) in [6.07, 6.45) is 5.04. The van der Waals surface area contributed by atoms with Crippen molar-refractivity contribution in [2.24, 2.45) is 5.16 Å². The van der Waals surface area contributed by atoms with Crippen molar-refractivity contribution in [3.05, 3.63) is 65.1 Å². The van der Waals surface area contributed by atoms with Gasteiger partial charge in [-0.25, -0.2) is 9.78 Å². The number of nitrogens with zero attached hydrogens (tertiary/aromatic N) is 4. The van der Waals surface area contributed by atoms with Crippen LogP contribution in [0.2, 0.25) is 0 Å². The average Bonchev–Trinajstić information content (AvgIpc) is 3.32. The molecule has 12 nitrogen and oxygen atoms in total. The first-order valence-corrected chi connectivity index (χ1v) is 12.0. The zero-order valence-electron chi connectivity index (χ0n) is 17.9. The second-order valence-corrected chi connectivity index (χ2v) is 9.08. The van der Waals surface area contributed by atoms with Crippen molar-refractivity contribution in [1.29, 1.82) is 0 Å². The summed E-state index contributed by atoms with van der Waals surface area (Å²) >= 11 is 2.38. The topological polar surface area (TPSA) is 163 Å². The number of allylic oxidation sites excluding steroid dienone is 1. The maximum absolute atomic E-state index is 13.1. The molecule has 35 heavy (non-hydrogen) atoms. The third-order valence-electron chi connectivity index (χ3n) is 4.99. The van der Waals surface area contributed by atoms with Crippen molar-refractivity contribution in [3.63, 3.8) is 0 Å². The van der Waals surface area contributed by atoms with E-state index in [0.29, 0.717) is 23.3 Å². The maximum Gasteiger partial charge on any atom is 0.352 e. The lowest BCUT2D eigenvalue weighted by Crippen LogP contribution is -2.71. The van der Waals surface area contributed by atoms with E-state index in [0.717, 1.165) is 16.2 Å². The van der Waals surface area contributed by atoms with Crippen molar-refractivity contribution in [1.82, 2.24) is 20.2 Å². The molecule has 0 spiro atoms. The number of thioether (sulfide) groups is 1. The Hall–Kier alpha value is -4.04. The average molecular weight is 515 g/mol. The fourth-order valence-electron chi connectivity index (χ4n) is 3.37. The Morgan fingerprint density at radius 2 is 2.26 bits per heavy atom. The third-order valence-corrected chi connectivity index (χ3v) is 7.06. The molecule has 2 aliphatic rings. The number of β-lactam (4-membered cyclic amide) rings is 1. The molecular weight excluding hydrogens is 496 g/mol. The number of anilines is 1. The molecule has 0 radical (unpaired) electrons. The molecule has 1 fully saturated rings. The molecule has 4 heterocycles. The second kappa shape index (κ2) is 10.5. The molecule has 2 aromatic rings. The van der Waals surface area contributed by atoms with Crippen molar-refractivity contribution in [2.75, 3.05) is 11.1 Å². The number of carboxylic acids is 1. The summed E-state index contributed by atoms with van der Waals surface area (Å²) < 4.78 is 0. The van der Waals surface area contributed by atoms with Crippen LogP contribution in [0.15, 0.2) is 59.0 Å². The number of carboxylic acid groups (broad SMARTS) is 1. The van der Waals surface area contributed by atoms with Crippen LogP contribution in [-0.2, 0) is 30.6 Å². The summed E-state index contributed by atoms with van der Waals surface area (Å²) in [4.78, 5) is 62.9. The number of aromatic nitrogens is 2. The minimum Gasteiger partial charge on any atom is -0.477 e. The number of carbonyl (C=O) groups is 4. The Morgan fingerprint density at radius 1 is 1.43 bits per heavy atom. The van der Waals surface area contributed by atoms with Gasteiger partial charge in [0.1, 0.15) is 29.4 Å². The van der Waals surface area contributed by atoms with Gasteiger partial charge in [-0.1, -0.05) is 23.9 Å². The molecule has 0 bridgehead atoms. The van der Waals surface area contributed by atoms with Crippen LogP contribution in [0.5, 0.6) is 0 Å². The molecule has 0 saturated carbocycles. The van der Waals surface area contributed by atoms with Crippen molar-refractivity contribution < 1.29 is 29.1 Å². The largest absolute Gasteiger partial charge is 0.477 e. The van der Waals surface area contributed by atoms with Crippen LogP contribution in [-0.4, -0.2) is 67.0 Å². The number of hydrogen-bond donors (Lipinski definition) is 3. The Kier molecular flexibility index (Phi) is 7.22. The zero-order chi connectivity index (χ0) is 24.9.